The van der Waals surface area contributed by atoms with Gasteiger partial charge in [0.25, 0.3) is 0 Å². The first kappa shape index (κ1) is 13.7. The van der Waals surface area contributed by atoms with Crippen molar-refractivity contribution in [1.82, 2.24) is 0 Å². The fourth-order valence-electron chi connectivity index (χ4n) is 0.888. The van der Waals surface area contributed by atoms with Crippen LogP contribution in [-0.2, 0) is 4.79 Å². The maximum absolute atomic E-state index is 12.4. The third kappa shape index (κ3) is 2.60. The Morgan fingerprint density at radius 2 is 1.53 bits per heavy atom. The Bertz CT molecular complexity index is 255. The minimum Gasteiger partial charge on any atom is -0.478 e. The van der Waals surface area contributed by atoms with Crippen molar-refractivity contribution in [3.63, 3.8) is 0 Å². The van der Waals surface area contributed by atoms with Crippen molar-refractivity contribution >= 4 is 5.97 Å². The number of hydrogen-bond acceptors (Lipinski definition) is 2. The number of halogens is 4. The van der Waals surface area contributed by atoms with Crippen LogP contribution in [0.4, 0.5) is 17.6 Å². The quantitative estimate of drug-likeness (QED) is 0.530. The highest BCUT2D eigenvalue weighted by Gasteiger charge is 2.37. The molecule has 15 heavy (non-hydrogen) atoms. The summed E-state index contributed by atoms with van der Waals surface area (Å²) in [5.74, 6) is -1.75. The van der Waals surface area contributed by atoms with E-state index >= 15 is 0 Å². The first-order valence-electron chi connectivity index (χ1n) is 3.95. The van der Waals surface area contributed by atoms with Crippen LogP contribution in [0, 0.1) is 5.41 Å². The highest BCUT2D eigenvalue weighted by molar-refractivity contribution is 5.88. The molecular formula is C8H11F4NO2. The zero-order valence-corrected chi connectivity index (χ0v) is 7.77. The number of allylic oxidation sites excluding steroid dienone is 1. The predicted octanol–water partition coefficient (Wildman–Crippen LogP) is 1.15. The van der Waals surface area contributed by atoms with Crippen molar-refractivity contribution in [2.75, 3.05) is 26.7 Å². The molecule has 0 aromatic heterocycles. The average Bonchev–Trinajstić information content (AvgIpc) is 2.22. The van der Waals surface area contributed by atoms with Gasteiger partial charge < -0.3 is 10.8 Å². The van der Waals surface area contributed by atoms with Crippen LogP contribution in [0.15, 0.2) is 11.3 Å². The number of carboxylic acids is 1. The van der Waals surface area contributed by atoms with E-state index in [-0.39, 0.29) is 0 Å². The number of hydrogen-bond donors (Lipinski definition) is 2. The molecule has 0 aliphatic heterocycles. The summed E-state index contributed by atoms with van der Waals surface area (Å²) >= 11 is 0. The maximum Gasteiger partial charge on any atom is 0.336 e. The second-order valence-corrected chi connectivity index (χ2v) is 3.01. The van der Waals surface area contributed by atoms with E-state index in [1.807, 2.05) is 0 Å². The molecule has 7 heteroatoms. The molecule has 0 atom stereocenters. The lowest BCUT2D eigenvalue weighted by Gasteiger charge is -2.25. The van der Waals surface area contributed by atoms with Gasteiger partial charge in [-0.25, -0.2) is 22.4 Å². The fraction of sp³-hybridized carbons (Fsp3) is 0.625. The van der Waals surface area contributed by atoms with Crippen LogP contribution >= 0.6 is 0 Å². The number of rotatable bonds is 6. The Kier molecular flexibility index (Phi) is 5.10. The summed E-state index contributed by atoms with van der Waals surface area (Å²) in [7, 11) is 0. The molecule has 0 rings (SSSR count). The first-order valence-corrected chi connectivity index (χ1v) is 3.95. The summed E-state index contributed by atoms with van der Waals surface area (Å²) in [5.41, 5.74) is 0.767. The smallest absolute Gasteiger partial charge is 0.336 e. The van der Waals surface area contributed by atoms with Gasteiger partial charge in [-0.05, 0) is 0 Å². The van der Waals surface area contributed by atoms with Crippen molar-refractivity contribution in [2.24, 2.45) is 11.1 Å². The van der Waals surface area contributed by atoms with Gasteiger partial charge >= 0.3 is 5.97 Å². The Balaban J connectivity index is 5.38. The van der Waals surface area contributed by atoms with Crippen molar-refractivity contribution in [3.8, 4) is 0 Å². The Hall–Kier alpha value is -1.27. The summed E-state index contributed by atoms with van der Waals surface area (Å²) < 4.78 is 49.5. The summed E-state index contributed by atoms with van der Waals surface area (Å²) in [6.45, 7) is -6.09. The van der Waals surface area contributed by atoms with Crippen LogP contribution in [-0.4, -0.2) is 37.8 Å². The zero-order valence-electron chi connectivity index (χ0n) is 7.77. The van der Waals surface area contributed by atoms with Crippen molar-refractivity contribution < 1.29 is 27.5 Å². The lowest BCUT2D eigenvalue weighted by Crippen LogP contribution is -2.37. The standard InChI is InChI=1S/C8H11F4NO2/c9-1-5(7(14)15)6(13)8(2-10,3-11)4-12/h1-4,13H2,(H,14,15)/b6-5-. The zero-order chi connectivity index (χ0) is 12.1. The summed E-state index contributed by atoms with van der Waals surface area (Å²) in [6.07, 6.45) is 0. The number of aliphatic carboxylic acids is 1. The predicted molar refractivity (Wildman–Crippen MR) is 45.2 cm³/mol. The molecule has 0 amide bonds. The van der Waals surface area contributed by atoms with Crippen LogP contribution in [0.3, 0.4) is 0 Å². The Labute approximate surface area is 83.6 Å². The molecule has 0 aromatic rings. The minimum absolute atomic E-state index is 0.926. The van der Waals surface area contributed by atoms with E-state index in [0.29, 0.717) is 0 Å². The molecule has 3 N–H and O–H groups in total. The molecule has 88 valence electrons. The van der Waals surface area contributed by atoms with E-state index in [1.54, 1.807) is 0 Å². The van der Waals surface area contributed by atoms with Crippen molar-refractivity contribution in [1.29, 1.82) is 0 Å². The van der Waals surface area contributed by atoms with Gasteiger partial charge in [0.15, 0.2) is 0 Å². The molecule has 0 fully saturated rings. The SMILES string of the molecule is N/C(=C(/CF)C(=O)O)C(CF)(CF)CF. The molecule has 3 nitrogen and oxygen atoms in total. The van der Waals surface area contributed by atoms with Crippen molar-refractivity contribution in [3.05, 3.63) is 11.3 Å². The number of carbonyl (C=O) groups is 1. The number of alkyl halides is 4. The van der Waals surface area contributed by atoms with E-state index in [0.717, 1.165) is 0 Å². The fourth-order valence-corrected chi connectivity index (χ4v) is 0.888. The summed E-state index contributed by atoms with van der Waals surface area (Å²) in [6, 6.07) is 0. The van der Waals surface area contributed by atoms with E-state index in [2.05, 4.69) is 0 Å². The topological polar surface area (TPSA) is 63.3 Å². The van der Waals surface area contributed by atoms with E-state index in [4.69, 9.17) is 10.8 Å². The van der Waals surface area contributed by atoms with E-state index in [9.17, 15) is 22.4 Å². The normalized spacial score (nSPS) is 13.6. The van der Waals surface area contributed by atoms with Gasteiger partial charge in [-0.3, -0.25) is 0 Å². The van der Waals surface area contributed by atoms with Crippen LogP contribution in [0.2, 0.25) is 0 Å². The molecular weight excluding hydrogens is 218 g/mol. The first-order chi connectivity index (χ1) is 6.98. The van der Waals surface area contributed by atoms with Crippen molar-refractivity contribution in [2.45, 2.75) is 0 Å². The van der Waals surface area contributed by atoms with Crippen LogP contribution in [0.5, 0.6) is 0 Å². The molecule has 0 unspecified atom stereocenters. The molecule has 0 heterocycles. The van der Waals surface area contributed by atoms with Crippen LogP contribution in [0.1, 0.15) is 0 Å². The lowest BCUT2D eigenvalue weighted by molar-refractivity contribution is -0.133. The van der Waals surface area contributed by atoms with Gasteiger partial charge in [0.05, 0.1) is 11.0 Å². The highest BCUT2D eigenvalue weighted by atomic mass is 19.2. The van der Waals surface area contributed by atoms with Gasteiger partial charge in [-0.15, -0.1) is 0 Å². The van der Waals surface area contributed by atoms with Crippen LogP contribution < -0.4 is 5.73 Å². The third-order valence-electron chi connectivity index (χ3n) is 2.06. The molecule has 0 saturated carbocycles. The second kappa shape index (κ2) is 5.57. The number of nitrogens with two attached hydrogens (primary N) is 1. The molecule has 0 bridgehead atoms. The van der Waals surface area contributed by atoms with Gasteiger partial charge in [0.1, 0.15) is 26.7 Å². The maximum atomic E-state index is 12.4. The van der Waals surface area contributed by atoms with E-state index < -0.39 is 49.4 Å². The van der Waals surface area contributed by atoms with Gasteiger partial charge in [-0.1, -0.05) is 0 Å². The summed E-state index contributed by atoms with van der Waals surface area (Å²) in [4.78, 5) is 10.4. The number of carboxylic acid groups (broad SMARTS) is 1. The van der Waals surface area contributed by atoms with Gasteiger partial charge in [-0.2, -0.15) is 0 Å². The molecule has 0 spiro atoms. The molecule has 0 radical (unpaired) electrons. The monoisotopic (exact) mass is 229 g/mol. The second-order valence-electron chi connectivity index (χ2n) is 3.01. The lowest BCUT2D eigenvalue weighted by atomic mass is 9.86. The van der Waals surface area contributed by atoms with E-state index in [1.165, 1.54) is 0 Å². The third-order valence-corrected chi connectivity index (χ3v) is 2.06. The average molecular weight is 229 g/mol. The Morgan fingerprint density at radius 1 is 1.13 bits per heavy atom. The highest BCUT2D eigenvalue weighted by Crippen LogP contribution is 2.28. The molecule has 0 aliphatic carbocycles. The largest absolute Gasteiger partial charge is 0.478 e. The van der Waals surface area contributed by atoms with Gasteiger partial charge in [0.2, 0.25) is 0 Å². The molecule has 0 aliphatic rings. The van der Waals surface area contributed by atoms with Crippen LogP contribution in [0.25, 0.3) is 0 Å². The van der Waals surface area contributed by atoms with Gasteiger partial charge in [0, 0.05) is 5.70 Å². The Morgan fingerprint density at radius 3 is 1.73 bits per heavy atom. The minimum atomic E-state index is -2.38. The molecule has 0 saturated heterocycles. The summed E-state index contributed by atoms with van der Waals surface area (Å²) in [5, 5.41) is 8.45. The molecule has 0 aromatic carbocycles.